The van der Waals surface area contributed by atoms with Gasteiger partial charge in [-0.05, 0) is 37.6 Å². The minimum absolute atomic E-state index is 0.0215. The van der Waals surface area contributed by atoms with Crippen LogP contribution in [0.3, 0.4) is 0 Å². The fraction of sp³-hybridized carbons (Fsp3) is 0.579. The number of carboxylic acid groups (broad SMARTS) is 1. The summed E-state index contributed by atoms with van der Waals surface area (Å²) in [6.45, 7) is 2.50. The molecule has 0 spiro atoms. The van der Waals surface area contributed by atoms with Crippen LogP contribution in [0.25, 0.3) is 0 Å². The van der Waals surface area contributed by atoms with Gasteiger partial charge in [0.05, 0.1) is 19.3 Å². The second-order valence-corrected chi connectivity index (χ2v) is 7.91. The van der Waals surface area contributed by atoms with Gasteiger partial charge in [0.15, 0.2) is 0 Å². The number of benzene rings is 1. The van der Waals surface area contributed by atoms with E-state index in [4.69, 9.17) is 21.4 Å². The summed E-state index contributed by atoms with van der Waals surface area (Å²) in [5.74, 6) is -0.875. The van der Waals surface area contributed by atoms with Crippen molar-refractivity contribution >= 4 is 23.6 Å². The van der Waals surface area contributed by atoms with E-state index in [0.29, 0.717) is 37.8 Å². The Morgan fingerprint density at radius 3 is 2.70 bits per heavy atom. The van der Waals surface area contributed by atoms with Crippen molar-refractivity contribution in [1.29, 1.82) is 0 Å². The number of carbonyl (C=O) groups is 2. The van der Waals surface area contributed by atoms with Gasteiger partial charge in [-0.3, -0.25) is 9.69 Å². The molecule has 1 aliphatic carbocycles. The van der Waals surface area contributed by atoms with E-state index in [1.54, 1.807) is 16.8 Å². The number of hydrogen-bond acceptors (Lipinski definition) is 4. The van der Waals surface area contributed by atoms with Gasteiger partial charge in [-0.1, -0.05) is 23.7 Å². The zero-order valence-corrected chi connectivity index (χ0v) is 16.2. The molecule has 0 aromatic heterocycles. The largest absolute Gasteiger partial charge is 0.480 e. The zero-order valence-electron chi connectivity index (χ0n) is 15.5. The van der Waals surface area contributed by atoms with Crippen molar-refractivity contribution in [1.82, 2.24) is 15.1 Å². The molecule has 8 heteroatoms. The lowest BCUT2D eigenvalue weighted by Gasteiger charge is -2.35. The normalized spacial score (nSPS) is 21.1. The van der Waals surface area contributed by atoms with E-state index in [1.165, 1.54) is 5.56 Å². The van der Waals surface area contributed by atoms with Gasteiger partial charge in [0.1, 0.15) is 0 Å². The van der Waals surface area contributed by atoms with E-state index in [9.17, 15) is 9.59 Å². The van der Waals surface area contributed by atoms with E-state index in [1.807, 2.05) is 24.3 Å². The smallest absolute Gasteiger partial charge is 0.317 e. The molecule has 27 heavy (non-hydrogen) atoms. The molecule has 1 unspecified atom stereocenters. The summed E-state index contributed by atoms with van der Waals surface area (Å²) in [4.78, 5) is 26.8. The number of nitrogens with one attached hydrogen (secondary N) is 1. The number of likely N-dealkylation sites (N-methyl/N-ethyl adjacent to an activating group) is 1. The van der Waals surface area contributed by atoms with Crippen LogP contribution in [0.4, 0.5) is 4.79 Å². The fourth-order valence-electron chi connectivity index (χ4n) is 3.54. The lowest BCUT2D eigenvalue weighted by atomic mass is 9.96. The molecule has 2 aliphatic rings. The van der Waals surface area contributed by atoms with Gasteiger partial charge in [0.2, 0.25) is 0 Å². The highest BCUT2D eigenvalue weighted by Gasteiger charge is 2.44. The Balaban J connectivity index is 1.49. The molecule has 1 aromatic carbocycles. The summed E-state index contributed by atoms with van der Waals surface area (Å²) in [6.07, 6.45) is 1.93. The lowest BCUT2D eigenvalue weighted by Crippen LogP contribution is -2.53. The maximum atomic E-state index is 12.6. The molecule has 1 aromatic rings. The molecule has 1 saturated carbocycles. The number of amides is 2. The van der Waals surface area contributed by atoms with Crippen LogP contribution in [0.15, 0.2) is 24.3 Å². The Hall–Kier alpha value is -1.83. The molecule has 148 valence electrons. The van der Waals surface area contributed by atoms with Crippen LogP contribution in [0.5, 0.6) is 0 Å². The zero-order chi connectivity index (χ0) is 19.4. The maximum Gasteiger partial charge on any atom is 0.317 e. The first-order valence-corrected chi connectivity index (χ1v) is 9.56. The summed E-state index contributed by atoms with van der Waals surface area (Å²) in [6, 6.07) is 7.75. The highest BCUT2D eigenvalue weighted by atomic mass is 35.5. The highest BCUT2D eigenvalue weighted by molar-refractivity contribution is 6.30. The summed E-state index contributed by atoms with van der Waals surface area (Å²) in [5.41, 5.74) is 1.23. The van der Waals surface area contributed by atoms with Crippen LogP contribution in [0, 0.1) is 0 Å². The Kier molecular flexibility index (Phi) is 6.24. The number of halogens is 1. The van der Waals surface area contributed by atoms with Crippen molar-refractivity contribution < 1.29 is 19.4 Å². The number of hydrogen-bond donors (Lipinski definition) is 2. The van der Waals surface area contributed by atoms with Gasteiger partial charge in [-0.15, -0.1) is 0 Å². The standard InChI is InChI=1S/C19H26ClN3O4/c1-22(12-17(24)25)10-16-11-23(8-9-27-16)18(26)21-13-19(6-7-19)14-2-4-15(20)5-3-14/h2-5,16H,6-13H2,1H3,(H,21,26)(H,24,25). The first kappa shape index (κ1) is 19.9. The Bertz CT molecular complexity index is 678. The molecule has 7 nitrogen and oxygen atoms in total. The molecule has 0 radical (unpaired) electrons. The predicted molar refractivity (Wildman–Crippen MR) is 102 cm³/mol. The SMILES string of the molecule is CN(CC(=O)O)CC1CN(C(=O)NCC2(c3ccc(Cl)cc3)CC2)CCO1. The summed E-state index contributed by atoms with van der Waals surface area (Å²) >= 11 is 5.96. The van der Waals surface area contributed by atoms with Crippen LogP contribution < -0.4 is 5.32 Å². The molecule has 3 rings (SSSR count). The van der Waals surface area contributed by atoms with Gasteiger partial charge in [-0.25, -0.2) is 4.79 Å². The van der Waals surface area contributed by atoms with Gasteiger partial charge in [0, 0.05) is 36.6 Å². The van der Waals surface area contributed by atoms with E-state index in [0.717, 1.165) is 12.8 Å². The van der Waals surface area contributed by atoms with Crippen molar-refractivity contribution in [3.05, 3.63) is 34.9 Å². The average molecular weight is 396 g/mol. The van der Waals surface area contributed by atoms with Crippen molar-refractivity contribution in [2.75, 3.05) is 46.4 Å². The van der Waals surface area contributed by atoms with Crippen LogP contribution in [0.1, 0.15) is 18.4 Å². The highest BCUT2D eigenvalue weighted by Crippen LogP contribution is 2.47. The van der Waals surface area contributed by atoms with Crippen molar-refractivity contribution in [2.45, 2.75) is 24.4 Å². The average Bonchev–Trinajstić information content (AvgIpc) is 3.41. The van der Waals surface area contributed by atoms with E-state index >= 15 is 0 Å². The third-order valence-electron chi connectivity index (χ3n) is 5.23. The van der Waals surface area contributed by atoms with Gasteiger partial charge >= 0.3 is 12.0 Å². The molecule has 0 bridgehead atoms. The second kappa shape index (κ2) is 8.46. The number of nitrogens with zero attached hydrogens (tertiary/aromatic N) is 2. The number of carboxylic acids is 1. The molecule has 1 atom stereocenters. The topological polar surface area (TPSA) is 82.1 Å². The molecule has 1 saturated heterocycles. The van der Waals surface area contributed by atoms with Gasteiger partial charge < -0.3 is 20.1 Å². The lowest BCUT2D eigenvalue weighted by molar-refractivity contribution is -0.138. The van der Waals surface area contributed by atoms with Crippen LogP contribution >= 0.6 is 11.6 Å². The maximum absolute atomic E-state index is 12.6. The Labute approximate surface area is 164 Å². The molecular weight excluding hydrogens is 370 g/mol. The Morgan fingerprint density at radius 1 is 1.37 bits per heavy atom. The van der Waals surface area contributed by atoms with Gasteiger partial charge in [0.25, 0.3) is 0 Å². The number of carbonyl (C=O) groups excluding carboxylic acids is 1. The minimum Gasteiger partial charge on any atom is -0.480 e. The van der Waals surface area contributed by atoms with E-state index < -0.39 is 5.97 Å². The van der Waals surface area contributed by atoms with Crippen molar-refractivity contribution in [3.8, 4) is 0 Å². The Morgan fingerprint density at radius 2 is 2.07 bits per heavy atom. The third kappa shape index (κ3) is 5.34. The number of aliphatic carboxylic acids is 1. The van der Waals surface area contributed by atoms with Gasteiger partial charge in [-0.2, -0.15) is 0 Å². The van der Waals surface area contributed by atoms with Crippen molar-refractivity contribution in [3.63, 3.8) is 0 Å². The quantitative estimate of drug-likeness (QED) is 0.735. The predicted octanol–water partition coefficient (Wildman–Crippen LogP) is 1.80. The summed E-state index contributed by atoms with van der Waals surface area (Å²) in [5, 5.41) is 12.6. The number of rotatable bonds is 7. The van der Waals surface area contributed by atoms with Crippen LogP contribution in [0.2, 0.25) is 5.02 Å². The molecule has 2 fully saturated rings. The summed E-state index contributed by atoms with van der Waals surface area (Å²) in [7, 11) is 1.74. The number of ether oxygens (including phenoxy) is 1. The number of urea groups is 1. The molecule has 2 amide bonds. The van der Waals surface area contributed by atoms with Crippen LogP contribution in [-0.2, 0) is 14.9 Å². The van der Waals surface area contributed by atoms with Crippen LogP contribution in [-0.4, -0.2) is 79.4 Å². The van der Waals surface area contributed by atoms with E-state index in [2.05, 4.69) is 5.32 Å². The summed E-state index contributed by atoms with van der Waals surface area (Å²) < 4.78 is 5.68. The molecular formula is C19H26ClN3O4. The first-order valence-electron chi connectivity index (χ1n) is 9.19. The first-order chi connectivity index (χ1) is 12.9. The minimum atomic E-state index is -0.875. The molecule has 2 N–H and O–H groups in total. The fourth-order valence-corrected chi connectivity index (χ4v) is 3.66. The second-order valence-electron chi connectivity index (χ2n) is 7.48. The van der Waals surface area contributed by atoms with Crippen molar-refractivity contribution in [2.24, 2.45) is 0 Å². The van der Waals surface area contributed by atoms with E-state index in [-0.39, 0.29) is 24.1 Å². The molecule has 1 heterocycles. The third-order valence-corrected chi connectivity index (χ3v) is 5.49. The monoisotopic (exact) mass is 395 g/mol. The molecule has 1 aliphatic heterocycles. The number of morpholine rings is 1.